The van der Waals surface area contributed by atoms with Gasteiger partial charge in [0.25, 0.3) is 0 Å². The average Bonchev–Trinajstić information content (AvgIpc) is 2.69. The number of rotatable bonds is 0. The first-order valence-corrected chi connectivity index (χ1v) is 10.7. The van der Waals surface area contributed by atoms with Gasteiger partial charge >= 0.3 is 0 Å². The van der Waals surface area contributed by atoms with Crippen molar-refractivity contribution in [2.45, 2.75) is 145 Å². The summed E-state index contributed by atoms with van der Waals surface area (Å²) < 4.78 is 0. The van der Waals surface area contributed by atoms with Crippen molar-refractivity contribution in [3.63, 3.8) is 0 Å². The van der Waals surface area contributed by atoms with Gasteiger partial charge in [0, 0.05) is 0 Å². The van der Waals surface area contributed by atoms with E-state index in [-0.39, 0.29) is 0 Å². The van der Waals surface area contributed by atoms with Gasteiger partial charge in [-0.1, -0.05) is 145 Å². The Bertz CT molecular complexity index is 4.75. The van der Waals surface area contributed by atoms with Gasteiger partial charge in [0.1, 0.15) is 0 Å². The molecule has 0 aliphatic rings. The van der Waals surface area contributed by atoms with E-state index in [1.807, 2.05) is 125 Å². The fourth-order valence-electron chi connectivity index (χ4n) is 0. The van der Waals surface area contributed by atoms with Crippen LogP contribution in [0.15, 0.2) is 0 Å². The first-order chi connectivity index (χ1) is 10.7. The van der Waals surface area contributed by atoms with Gasteiger partial charge in [0.15, 0.2) is 0 Å². The molecule has 0 unspecified atom stereocenters. The van der Waals surface area contributed by atoms with Crippen LogP contribution in [0.2, 0.25) is 0 Å². The van der Waals surface area contributed by atoms with Crippen LogP contribution in [0.25, 0.3) is 0 Å². The molecule has 152 valence electrons. The Hall–Kier alpha value is 0. The molecular weight excluding hydrogens is 264 g/mol. The summed E-state index contributed by atoms with van der Waals surface area (Å²) in [5.41, 5.74) is 0. The van der Waals surface area contributed by atoms with Crippen LogP contribution in [-0.2, 0) is 0 Å². The zero-order chi connectivity index (χ0) is 21.6. The third kappa shape index (κ3) is 0. The Morgan fingerprint density at radius 3 is 0.227 bits per heavy atom. The average molecular weight is 329 g/mol. The number of hydrogen-bond acceptors (Lipinski definition) is 0. The predicted molar refractivity (Wildman–Crippen MR) is 123 cm³/mol. The summed E-state index contributed by atoms with van der Waals surface area (Å²) in [6.45, 7) is 42.5. The van der Waals surface area contributed by atoms with Crippen molar-refractivity contribution in [1.29, 1.82) is 0 Å². The maximum Gasteiger partial charge on any atom is -0.0500 e. The van der Waals surface area contributed by atoms with Crippen LogP contribution >= 0.6 is 0 Å². The molecule has 0 saturated carbocycles. The van der Waals surface area contributed by atoms with E-state index in [1.54, 1.807) is 0 Å². The third-order valence-corrected chi connectivity index (χ3v) is 0. The van der Waals surface area contributed by atoms with Crippen molar-refractivity contribution in [2.24, 2.45) is 5.92 Å². The van der Waals surface area contributed by atoms with Gasteiger partial charge in [-0.15, -0.1) is 0 Å². The molecule has 0 fully saturated rings. The summed E-state index contributed by atoms with van der Waals surface area (Å²) in [5.74, 6) is 0.833. The number of hydrogen-bond donors (Lipinski definition) is 0. The molecule has 0 heterocycles. The monoisotopic (exact) mass is 329 g/mol. The van der Waals surface area contributed by atoms with Crippen LogP contribution < -0.4 is 0 Å². The summed E-state index contributed by atoms with van der Waals surface area (Å²) in [6.07, 6.45) is 0. The molecule has 22 heavy (non-hydrogen) atoms. The van der Waals surface area contributed by atoms with E-state index in [2.05, 4.69) is 20.8 Å². The molecular formula is C22H64. The molecule has 0 nitrogen and oxygen atoms in total. The highest BCUT2D eigenvalue weighted by Crippen LogP contribution is 1.81. The SMILES string of the molecule is CC.CC.CC.CC.CC.CC.CC.CC.CC.CC(C)C. The van der Waals surface area contributed by atoms with Crippen LogP contribution in [-0.4, -0.2) is 0 Å². The van der Waals surface area contributed by atoms with Crippen LogP contribution in [0, 0.1) is 5.92 Å². The first kappa shape index (κ1) is 67.4. The first-order valence-electron chi connectivity index (χ1n) is 10.7. The van der Waals surface area contributed by atoms with Crippen molar-refractivity contribution in [3.05, 3.63) is 0 Å². The van der Waals surface area contributed by atoms with Crippen molar-refractivity contribution in [3.8, 4) is 0 Å². The molecule has 0 aliphatic carbocycles. The molecule has 0 heteroatoms. The topological polar surface area (TPSA) is 0 Å². The summed E-state index contributed by atoms with van der Waals surface area (Å²) in [4.78, 5) is 0. The van der Waals surface area contributed by atoms with E-state index < -0.39 is 0 Å². The summed E-state index contributed by atoms with van der Waals surface area (Å²) in [5, 5.41) is 0. The Balaban J connectivity index is -0.00000000925. The van der Waals surface area contributed by atoms with Crippen molar-refractivity contribution >= 4 is 0 Å². The highest BCUT2D eigenvalue weighted by Gasteiger charge is 1.68. The molecule has 0 rings (SSSR count). The molecule has 0 aromatic carbocycles. The molecule has 0 aromatic rings. The van der Waals surface area contributed by atoms with Crippen LogP contribution in [0.3, 0.4) is 0 Å². The molecule has 0 aromatic heterocycles. The van der Waals surface area contributed by atoms with Crippen LogP contribution in [0.4, 0.5) is 0 Å². The lowest BCUT2D eigenvalue weighted by Crippen LogP contribution is -1.66. The molecule has 0 radical (unpaired) electrons. The van der Waals surface area contributed by atoms with E-state index in [4.69, 9.17) is 0 Å². The molecule has 0 N–H and O–H groups in total. The quantitative estimate of drug-likeness (QED) is 0.414. The van der Waals surface area contributed by atoms with Crippen LogP contribution in [0.1, 0.15) is 145 Å². The lowest BCUT2D eigenvalue weighted by atomic mass is 10.3. The normalized spacial score (nSPS) is 4.09. The Morgan fingerprint density at radius 2 is 0.227 bits per heavy atom. The Kier molecular flexibility index (Phi) is 2860. The smallest absolute Gasteiger partial charge is 0.0500 e. The van der Waals surface area contributed by atoms with E-state index >= 15 is 0 Å². The molecule has 0 bridgehead atoms. The fraction of sp³-hybridized carbons (Fsp3) is 1.00. The van der Waals surface area contributed by atoms with Gasteiger partial charge in [-0.05, 0) is 5.92 Å². The second-order valence-corrected chi connectivity index (χ2v) is 1.73. The summed E-state index contributed by atoms with van der Waals surface area (Å²) in [6, 6.07) is 0. The predicted octanol–water partition coefficient (Wildman–Crippen LogP) is 10.9. The second-order valence-electron chi connectivity index (χ2n) is 1.73. The summed E-state index contributed by atoms with van der Waals surface area (Å²) in [7, 11) is 0. The molecule has 0 amide bonds. The van der Waals surface area contributed by atoms with Crippen molar-refractivity contribution in [2.75, 3.05) is 0 Å². The minimum Gasteiger partial charge on any atom is -0.0683 e. The lowest BCUT2D eigenvalue weighted by Gasteiger charge is -1.79. The maximum atomic E-state index is 2.17. The van der Waals surface area contributed by atoms with E-state index in [0.29, 0.717) is 0 Å². The van der Waals surface area contributed by atoms with Crippen molar-refractivity contribution < 1.29 is 0 Å². The van der Waals surface area contributed by atoms with Gasteiger partial charge in [-0.25, -0.2) is 0 Å². The molecule has 0 aliphatic heterocycles. The zero-order valence-corrected chi connectivity index (χ0v) is 21.6. The zero-order valence-electron chi connectivity index (χ0n) is 21.6. The third-order valence-electron chi connectivity index (χ3n) is 0. The van der Waals surface area contributed by atoms with E-state index in [0.717, 1.165) is 5.92 Å². The Morgan fingerprint density at radius 1 is 0.227 bits per heavy atom. The second kappa shape index (κ2) is 933. The van der Waals surface area contributed by atoms with Gasteiger partial charge in [0.05, 0.1) is 0 Å². The molecule has 0 spiro atoms. The van der Waals surface area contributed by atoms with Crippen molar-refractivity contribution in [1.82, 2.24) is 0 Å². The standard InChI is InChI=1S/C4H10.9C2H6/c1-4(2)3;9*1-2/h4H,1-3H3;9*1-2H3. The largest absolute Gasteiger partial charge is 0.0683 e. The van der Waals surface area contributed by atoms with Gasteiger partial charge in [-0.2, -0.15) is 0 Å². The maximum absolute atomic E-state index is 2.17. The van der Waals surface area contributed by atoms with E-state index in [1.165, 1.54) is 0 Å². The highest BCUT2D eigenvalue weighted by atomic mass is 13.7. The molecule has 0 atom stereocenters. The van der Waals surface area contributed by atoms with Crippen LogP contribution in [0.5, 0.6) is 0 Å². The fourth-order valence-corrected chi connectivity index (χ4v) is 0. The van der Waals surface area contributed by atoms with Gasteiger partial charge in [0.2, 0.25) is 0 Å². The van der Waals surface area contributed by atoms with E-state index in [9.17, 15) is 0 Å². The highest BCUT2D eigenvalue weighted by molar-refractivity contribution is 4.20. The summed E-state index contributed by atoms with van der Waals surface area (Å²) >= 11 is 0. The van der Waals surface area contributed by atoms with Gasteiger partial charge < -0.3 is 0 Å². The minimum absolute atomic E-state index is 0.833. The van der Waals surface area contributed by atoms with Gasteiger partial charge in [-0.3, -0.25) is 0 Å². The minimum atomic E-state index is 0.833. The molecule has 0 saturated heterocycles. The lowest BCUT2D eigenvalue weighted by molar-refractivity contribution is 0.737. The Labute approximate surface area is 151 Å².